The lowest BCUT2D eigenvalue weighted by Gasteiger charge is -2.14. The molecular weight excluding hydrogens is 180 g/mol. The minimum Gasteiger partial charge on any atom is -0.322 e. The van der Waals surface area contributed by atoms with Crippen LogP contribution in [0, 0.1) is 0 Å². The van der Waals surface area contributed by atoms with Crippen LogP contribution in [0.5, 0.6) is 0 Å². The van der Waals surface area contributed by atoms with Crippen molar-refractivity contribution in [3.8, 4) is 0 Å². The molecule has 1 rings (SSSR count). The maximum atomic E-state index is 11.0. The topological polar surface area (TPSA) is 83.8 Å². The molecule has 0 aliphatic rings. The summed E-state index contributed by atoms with van der Waals surface area (Å²) in [7, 11) is 0. The van der Waals surface area contributed by atoms with Gasteiger partial charge in [-0.15, -0.1) is 0 Å². The standard InChI is InChI=1S/C9H16N4O/c1-9(2,3)6-4-7(13-12-6)11-8(14)5-10/h4H,5,10H2,1-3H3,(H2,11,12,13,14). The average molecular weight is 196 g/mol. The smallest absolute Gasteiger partial charge is 0.239 e. The van der Waals surface area contributed by atoms with E-state index in [-0.39, 0.29) is 17.9 Å². The Morgan fingerprint density at radius 1 is 1.64 bits per heavy atom. The zero-order valence-electron chi connectivity index (χ0n) is 8.72. The molecular formula is C9H16N4O. The van der Waals surface area contributed by atoms with Gasteiger partial charge in [0.15, 0.2) is 5.82 Å². The Bertz CT molecular complexity index is 324. The van der Waals surface area contributed by atoms with Gasteiger partial charge in [0.2, 0.25) is 5.91 Å². The van der Waals surface area contributed by atoms with E-state index in [0.717, 1.165) is 5.69 Å². The number of amides is 1. The van der Waals surface area contributed by atoms with Crippen LogP contribution in [0.3, 0.4) is 0 Å². The Morgan fingerprint density at radius 3 is 2.71 bits per heavy atom. The SMILES string of the molecule is CC(C)(C)c1cc(NC(=O)CN)n[nH]1. The fraction of sp³-hybridized carbons (Fsp3) is 0.556. The van der Waals surface area contributed by atoms with Crippen molar-refractivity contribution in [1.82, 2.24) is 10.2 Å². The molecule has 0 atom stereocenters. The van der Waals surface area contributed by atoms with Crippen LogP contribution < -0.4 is 11.1 Å². The third kappa shape index (κ3) is 2.56. The van der Waals surface area contributed by atoms with Crippen LogP contribution in [0.4, 0.5) is 5.82 Å². The van der Waals surface area contributed by atoms with Gasteiger partial charge in [0.1, 0.15) is 0 Å². The van der Waals surface area contributed by atoms with Gasteiger partial charge in [0.25, 0.3) is 0 Å². The van der Waals surface area contributed by atoms with Crippen LogP contribution >= 0.6 is 0 Å². The monoisotopic (exact) mass is 196 g/mol. The molecule has 0 fully saturated rings. The lowest BCUT2D eigenvalue weighted by Crippen LogP contribution is -2.21. The van der Waals surface area contributed by atoms with Gasteiger partial charge in [-0.1, -0.05) is 20.8 Å². The Hall–Kier alpha value is -1.36. The molecule has 5 heteroatoms. The first-order valence-corrected chi connectivity index (χ1v) is 4.49. The largest absolute Gasteiger partial charge is 0.322 e. The predicted molar refractivity (Wildman–Crippen MR) is 55.0 cm³/mol. The van der Waals surface area contributed by atoms with Gasteiger partial charge in [-0.3, -0.25) is 9.89 Å². The molecule has 78 valence electrons. The molecule has 1 heterocycles. The van der Waals surface area contributed by atoms with E-state index in [2.05, 4.69) is 36.3 Å². The molecule has 1 amide bonds. The maximum absolute atomic E-state index is 11.0. The minimum absolute atomic E-state index is 0.00130. The molecule has 0 aromatic carbocycles. The summed E-state index contributed by atoms with van der Waals surface area (Å²) in [6, 6.07) is 1.81. The second-order valence-corrected chi connectivity index (χ2v) is 4.17. The van der Waals surface area contributed by atoms with E-state index in [9.17, 15) is 4.79 Å². The highest BCUT2D eigenvalue weighted by Gasteiger charge is 2.16. The van der Waals surface area contributed by atoms with Crippen molar-refractivity contribution < 1.29 is 4.79 Å². The van der Waals surface area contributed by atoms with Crippen LogP contribution in [-0.4, -0.2) is 22.6 Å². The number of carbonyl (C=O) groups excluding carboxylic acids is 1. The number of hydrogen-bond donors (Lipinski definition) is 3. The van der Waals surface area contributed by atoms with E-state index in [1.807, 2.05) is 6.07 Å². The van der Waals surface area contributed by atoms with E-state index < -0.39 is 0 Å². The van der Waals surface area contributed by atoms with Crippen molar-refractivity contribution in [3.05, 3.63) is 11.8 Å². The Balaban J connectivity index is 2.74. The van der Waals surface area contributed by atoms with Crippen molar-refractivity contribution in [2.24, 2.45) is 5.73 Å². The zero-order valence-corrected chi connectivity index (χ0v) is 8.72. The summed E-state index contributed by atoms with van der Waals surface area (Å²) in [5.74, 6) is 0.280. The van der Waals surface area contributed by atoms with Crippen LogP contribution in [0.2, 0.25) is 0 Å². The third-order valence-electron chi connectivity index (χ3n) is 1.84. The summed E-state index contributed by atoms with van der Waals surface area (Å²) in [5, 5.41) is 9.41. The highest BCUT2D eigenvalue weighted by molar-refractivity contribution is 5.91. The first-order valence-electron chi connectivity index (χ1n) is 4.49. The van der Waals surface area contributed by atoms with Crippen molar-refractivity contribution in [3.63, 3.8) is 0 Å². The molecule has 0 spiro atoms. The summed E-state index contributed by atoms with van der Waals surface area (Å²) in [6.45, 7) is 6.16. The van der Waals surface area contributed by atoms with Gasteiger partial charge in [0.05, 0.1) is 6.54 Å². The molecule has 14 heavy (non-hydrogen) atoms. The second kappa shape index (κ2) is 3.79. The van der Waals surface area contributed by atoms with Crippen LogP contribution in [0.25, 0.3) is 0 Å². The molecule has 0 radical (unpaired) electrons. The normalized spacial score (nSPS) is 11.4. The predicted octanol–water partition coefficient (Wildman–Crippen LogP) is 0.604. The number of nitrogens with zero attached hydrogens (tertiary/aromatic N) is 1. The lowest BCUT2D eigenvalue weighted by molar-refractivity contribution is -0.114. The van der Waals surface area contributed by atoms with Crippen molar-refractivity contribution in [1.29, 1.82) is 0 Å². The van der Waals surface area contributed by atoms with E-state index in [1.165, 1.54) is 0 Å². The number of nitrogens with one attached hydrogen (secondary N) is 2. The van der Waals surface area contributed by atoms with Gasteiger partial charge in [0, 0.05) is 17.2 Å². The summed E-state index contributed by atoms with van der Waals surface area (Å²) in [6.07, 6.45) is 0. The zero-order chi connectivity index (χ0) is 10.8. The number of H-pyrrole nitrogens is 1. The van der Waals surface area contributed by atoms with Crippen LogP contribution in [-0.2, 0) is 10.2 Å². The third-order valence-corrected chi connectivity index (χ3v) is 1.84. The number of rotatable bonds is 2. The van der Waals surface area contributed by atoms with Gasteiger partial charge < -0.3 is 11.1 Å². The van der Waals surface area contributed by atoms with E-state index in [1.54, 1.807) is 0 Å². The van der Waals surface area contributed by atoms with E-state index in [4.69, 9.17) is 5.73 Å². The summed E-state index contributed by atoms with van der Waals surface area (Å²) in [5.41, 5.74) is 6.14. The summed E-state index contributed by atoms with van der Waals surface area (Å²) < 4.78 is 0. The number of aromatic amines is 1. The molecule has 4 N–H and O–H groups in total. The number of nitrogens with two attached hydrogens (primary N) is 1. The first-order chi connectivity index (χ1) is 6.43. The van der Waals surface area contributed by atoms with Gasteiger partial charge in [-0.25, -0.2) is 0 Å². The molecule has 5 nitrogen and oxygen atoms in total. The molecule has 0 aliphatic carbocycles. The van der Waals surface area contributed by atoms with Crippen LogP contribution in [0.1, 0.15) is 26.5 Å². The molecule has 0 unspecified atom stereocenters. The lowest BCUT2D eigenvalue weighted by atomic mass is 9.92. The molecule has 0 bridgehead atoms. The Morgan fingerprint density at radius 2 is 2.29 bits per heavy atom. The number of anilines is 1. The van der Waals surface area contributed by atoms with Crippen molar-refractivity contribution >= 4 is 11.7 Å². The van der Waals surface area contributed by atoms with E-state index >= 15 is 0 Å². The van der Waals surface area contributed by atoms with Crippen molar-refractivity contribution in [2.45, 2.75) is 26.2 Å². The molecule has 0 saturated heterocycles. The summed E-state index contributed by atoms with van der Waals surface area (Å²) in [4.78, 5) is 11.0. The quantitative estimate of drug-likeness (QED) is 0.647. The number of carbonyl (C=O) groups is 1. The fourth-order valence-corrected chi connectivity index (χ4v) is 0.964. The Kier molecular flexibility index (Phi) is 2.90. The number of aromatic nitrogens is 2. The average Bonchev–Trinajstić information content (AvgIpc) is 2.51. The molecule has 0 aliphatic heterocycles. The van der Waals surface area contributed by atoms with Gasteiger partial charge in [-0.05, 0) is 0 Å². The Labute approximate surface area is 83.1 Å². The van der Waals surface area contributed by atoms with Crippen molar-refractivity contribution in [2.75, 3.05) is 11.9 Å². The first kappa shape index (κ1) is 10.7. The van der Waals surface area contributed by atoms with Gasteiger partial charge in [-0.2, -0.15) is 5.10 Å². The second-order valence-electron chi connectivity index (χ2n) is 4.17. The number of hydrogen-bond acceptors (Lipinski definition) is 3. The minimum atomic E-state index is -0.239. The van der Waals surface area contributed by atoms with Crippen LogP contribution in [0.15, 0.2) is 6.07 Å². The molecule has 1 aromatic heterocycles. The maximum Gasteiger partial charge on any atom is 0.239 e. The highest BCUT2D eigenvalue weighted by atomic mass is 16.1. The summed E-state index contributed by atoms with van der Waals surface area (Å²) >= 11 is 0. The molecule has 1 aromatic rings. The highest BCUT2D eigenvalue weighted by Crippen LogP contribution is 2.21. The fourth-order valence-electron chi connectivity index (χ4n) is 0.964. The van der Waals surface area contributed by atoms with Gasteiger partial charge >= 0.3 is 0 Å². The van der Waals surface area contributed by atoms with E-state index in [0.29, 0.717) is 5.82 Å². The molecule has 0 saturated carbocycles.